The zero-order chi connectivity index (χ0) is 16.1. The second kappa shape index (κ2) is 6.75. The lowest BCUT2D eigenvalue weighted by Crippen LogP contribution is -2.32. The molecule has 0 aliphatic rings. The van der Waals surface area contributed by atoms with Gasteiger partial charge in [0.1, 0.15) is 5.58 Å². The van der Waals surface area contributed by atoms with Gasteiger partial charge in [0.15, 0.2) is 0 Å². The molecule has 7 heteroatoms. The first-order chi connectivity index (χ1) is 10.5. The Morgan fingerprint density at radius 2 is 1.95 bits per heavy atom. The zero-order valence-corrected chi connectivity index (χ0v) is 12.0. The van der Waals surface area contributed by atoms with Crippen molar-refractivity contribution in [3.8, 4) is 0 Å². The molecule has 0 saturated heterocycles. The largest absolute Gasteiger partial charge is 0.475 e. The Morgan fingerprint density at radius 3 is 2.64 bits per heavy atom. The molecule has 0 saturated carbocycles. The van der Waals surface area contributed by atoms with Gasteiger partial charge in [-0.1, -0.05) is 6.92 Å². The Hall–Kier alpha value is -2.83. The molecule has 0 radical (unpaired) electrons. The van der Waals surface area contributed by atoms with E-state index in [0.717, 1.165) is 6.42 Å². The molecule has 0 atom stereocenters. The van der Waals surface area contributed by atoms with E-state index in [1.54, 1.807) is 18.2 Å². The Kier molecular flexibility index (Phi) is 4.77. The predicted octanol–water partition coefficient (Wildman–Crippen LogP) is 1.99. The maximum atomic E-state index is 11.7. The number of nitrogens with one attached hydrogen (secondary N) is 2. The van der Waals surface area contributed by atoms with Gasteiger partial charge < -0.3 is 20.2 Å². The highest BCUT2D eigenvalue weighted by Crippen LogP contribution is 2.23. The van der Waals surface area contributed by atoms with Gasteiger partial charge in [0.2, 0.25) is 17.6 Å². The van der Waals surface area contributed by atoms with E-state index in [1.165, 1.54) is 6.07 Å². The monoisotopic (exact) mass is 304 g/mol. The molecule has 0 bridgehead atoms. The number of fused-ring (bicyclic) bond motifs is 1. The second-order valence-corrected chi connectivity index (χ2v) is 4.74. The van der Waals surface area contributed by atoms with Gasteiger partial charge in [-0.15, -0.1) is 0 Å². The van der Waals surface area contributed by atoms with Crippen LogP contribution in [0.2, 0.25) is 0 Å². The normalized spacial score (nSPS) is 10.4. The summed E-state index contributed by atoms with van der Waals surface area (Å²) in [5.41, 5.74) is 0.923. The number of carboxylic acid groups (broad SMARTS) is 1. The third kappa shape index (κ3) is 3.85. The number of amides is 2. The standard InChI is InChI=1S/C15H16N2O5/c1-2-3-13(18)16-8-14(19)17-10-4-5-11-9(6-10)7-12(22-11)15(20)21/h4-7H,2-3,8H2,1H3,(H,16,18)(H,17,19)(H,20,21). The summed E-state index contributed by atoms with van der Waals surface area (Å²) in [6.07, 6.45) is 1.10. The topological polar surface area (TPSA) is 109 Å². The van der Waals surface area contributed by atoms with Gasteiger partial charge >= 0.3 is 5.97 Å². The fourth-order valence-electron chi connectivity index (χ4n) is 1.93. The Labute approximate surface area is 126 Å². The number of rotatable bonds is 6. The number of furan rings is 1. The average Bonchev–Trinajstić information content (AvgIpc) is 2.89. The summed E-state index contributed by atoms with van der Waals surface area (Å²) in [7, 11) is 0. The lowest BCUT2D eigenvalue weighted by molar-refractivity contribution is -0.124. The molecule has 0 aliphatic carbocycles. The molecule has 0 aliphatic heterocycles. The fraction of sp³-hybridized carbons (Fsp3) is 0.267. The molecule has 0 fully saturated rings. The molecule has 22 heavy (non-hydrogen) atoms. The maximum Gasteiger partial charge on any atom is 0.371 e. The van der Waals surface area contributed by atoms with E-state index in [1.807, 2.05) is 6.92 Å². The lowest BCUT2D eigenvalue weighted by atomic mass is 10.2. The van der Waals surface area contributed by atoms with Crippen molar-refractivity contribution in [3.63, 3.8) is 0 Å². The summed E-state index contributed by atoms with van der Waals surface area (Å²) in [6.45, 7) is 1.77. The molecule has 1 aromatic carbocycles. The molecule has 0 unspecified atom stereocenters. The summed E-state index contributed by atoms with van der Waals surface area (Å²) >= 11 is 0. The highest BCUT2D eigenvalue weighted by molar-refractivity contribution is 5.97. The van der Waals surface area contributed by atoms with Gasteiger partial charge in [0.05, 0.1) is 6.54 Å². The van der Waals surface area contributed by atoms with Crippen LogP contribution < -0.4 is 10.6 Å². The van der Waals surface area contributed by atoms with Crippen molar-refractivity contribution in [2.24, 2.45) is 0 Å². The van der Waals surface area contributed by atoms with Crippen molar-refractivity contribution in [3.05, 3.63) is 30.0 Å². The number of aromatic carboxylic acids is 1. The van der Waals surface area contributed by atoms with Crippen LogP contribution >= 0.6 is 0 Å². The first-order valence-electron chi connectivity index (χ1n) is 6.83. The van der Waals surface area contributed by atoms with Crippen LogP contribution in [0.5, 0.6) is 0 Å². The number of hydrogen-bond donors (Lipinski definition) is 3. The molecular formula is C15H16N2O5. The molecule has 2 amide bonds. The minimum absolute atomic E-state index is 0.108. The van der Waals surface area contributed by atoms with Crippen molar-refractivity contribution in [2.75, 3.05) is 11.9 Å². The smallest absolute Gasteiger partial charge is 0.371 e. The SMILES string of the molecule is CCCC(=O)NCC(=O)Nc1ccc2oc(C(=O)O)cc2c1. The van der Waals surface area contributed by atoms with Gasteiger partial charge in [-0.2, -0.15) is 0 Å². The van der Waals surface area contributed by atoms with Crippen LogP contribution in [0.15, 0.2) is 28.7 Å². The van der Waals surface area contributed by atoms with Crippen LogP contribution in [0, 0.1) is 0 Å². The summed E-state index contributed by atoms with van der Waals surface area (Å²) in [4.78, 5) is 33.8. The molecule has 2 rings (SSSR count). The van der Waals surface area contributed by atoms with E-state index < -0.39 is 5.97 Å². The number of benzene rings is 1. The Morgan fingerprint density at radius 1 is 1.18 bits per heavy atom. The maximum absolute atomic E-state index is 11.7. The third-order valence-electron chi connectivity index (χ3n) is 2.93. The predicted molar refractivity (Wildman–Crippen MR) is 79.7 cm³/mol. The Balaban J connectivity index is 2.00. The van der Waals surface area contributed by atoms with Gasteiger partial charge in [0, 0.05) is 17.5 Å². The molecule has 2 aromatic rings. The van der Waals surface area contributed by atoms with Crippen LogP contribution in [0.4, 0.5) is 5.69 Å². The fourth-order valence-corrected chi connectivity index (χ4v) is 1.93. The quantitative estimate of drug-likeness (QED) is 0.756. The van der Waals surface area contributed by atoms with Crippen LogP contribution in [0.3, 0.4) is 0 Å². The van der Waals surface area contributed by atoms with Gasteiger partial charge in [-0.25, -0.2) is 4.79 Å². The van der Waals surface area contributed by atoms with Crippen LogP contribution in [-0.2, 0) is 9.59 Å². The first-order valence-corrected chi connectivity index (χ1v) is 6.83. The van der Waals surface area contributed by atoms with Crippen LogP contribution in [-0.4, -0.2) is 29.4 Å². The first kappa shape index (κ1) is 15.6. The highest BCUT2D eigenvalue weighted by atomic mass is 16.4. The number of anilines is 1. The number of hydrogen-bond acceptors (Lipinski definition) is 4. The average molecular weight is 304 g/mol. The number of carbonyl (C=O) groups is 3. The minimum Gasteiger partial charge on any atom is -0.475 e. The molecule has 1 aromatic heterocycles. The molecule has 0 spiro atoms. The molecule has 116 valence electrons. The number of carboxylic acids is 1. The van der Waals surface area contributed by atoms with E-state index in [-0.39, 0.29) is 24.1 Å². The van der Waals surface area contributed by atoms with E-state index in [0.29, 0.717) is 23.1 Å². The Bertz CT molecular complexity index is 720. The van der Waals surface area contributed by atoms with Crippen LogP contribution in [0.1, 0.15) is 30.3 Å². The summed E-state index contributed by atoms with van der Waals surface area (Å²) in [5, 5.41) is 14.6. The van der Waals surface area contributed by atoms with Crippen LogP contribution in [0.25, 0.3) is 11.0 Å². The van der Waals surface area contributed by atoms with E-state index >= 15 is 0 Å². The minimum atomic E-state index is -1.15. The van der Waals surface area contributed by atoms with Gasteiger partial charge in [-0.05, 0) is 30.7 Å². The van der Waals surface area contributed by atoms with Crippen molar-refractivity contribution < 1.29 is 23.9 Å². The number of carbonyl (C=O) groups excluding carboxylic acids is 2. The lowest BCUT2D eigenvalue weighted by Gasteiger charge is -2.06. The van der Waals surface area contributed by atoms with E-state index in [4.69, 9.17) is 9.52 Å². The van der Waals surface area contributed by atoms with Crippen molar-refractivity contribution in [2.45, 2.75) is 19.8 Å². The summed E-state index contributed by atoms with van der Waals surface area (Å²) < 4.78 is 5.13. The molecule has 1 heterocycles. The van der Waals surface area contributed by atoms with E-state index in [2.05, 4.69) is 10.6 Å². The van der Waals surface area contributed by atoms with Crippen molar-refractivity contribution in [1.82, 2.24) is 5.32 Å². The van der Waals surface area contributed by atoms with E-state index in [9.17, 15) is 14.4 Å². The summed E-state index contributed by atoms with van der Waals surface area (Å²) in [5.74, 6) is -1.84. The highest BCUT2D eigenvalue weighted by Gasteiger charge is 2.11. The zero-order valence-electron chi connectivity index (χ0n) is 12.0. The summed E-state index contributed by atoms with van der Waals surface area (Å²) in [6, 6.07) is 6.17. The van der Waals surface area contributed by atoms with Gasteiger partial charge in [-0.3, -0.25) is 9.59 Å². The second-order valence-electron chi connectivity index (χ2n) is 4.74. The molecule has 3 N–H and O–H groups in total. The molecule has 7 nitrogen and oxygen atoms in total. The van der Waals surface area contributed by atoms with Crippen molar-refractivity contribution >= 4 is 34.4 Å². The third-order valence-corrected chi connectivity index (χ3v) is 2.93. The molecular weight excluding hydrogens is 288 g/mol. The van der Waals surface area contributed by atoms with Crippen molar-refractivity contribution in [1.29, 1.82) is 0 Å². The van der Waals surface area contributed by atoms with Gasteiger partial charge in [0.25, 0.3) is 0 Å².